The van der Waals surface area contributed by atoms with Gasteiger partial charge in [0.25, 0.3) is 0 Å². The second-order valence-electron chi connectivity index (χ2n) is 4.75. The predicted octanol–water partition coefficient (Wildman–Crippen LogP) is 2.32. The van der Waals surface area contributed by atoms with Crippen LogP contribution in [0.4, 0.5) is 0 Å². The van der Waals surface area contributed by atoms with E-state index in [2.05, 4.69) is 11.2 Å². The van der Waals surface area contributed by atoms with Crippen molar-refractivity contribution in [3.63, 3.8) is 0 Å². The summed E-state index contributed by atoms with van der Waals surface area (Å²) >= 11 is 1.85. The van der Waals surface area contributed by atoms with Crippen LogP contribution in [-0.2, 0) is 4.74 Å². The van der Waals surface area contributed by atoms with Crippen molar-refractivity contribution in [2.24, 2.45) is 0 Å². The van der Waals surface area contributed by atoms with Gasteiger partial charge in [-0.1, -0.05) is 30.3 Å². The molecular formula is C15H21NO2S. The molecule has 1 aromatic rings. The molecule has 1 aliphatic heterocycles. The molecule has 104 valence electrons. The van der Waals surface area contributed by atoms with Gasteiger partial charge in [0.15, 0.2) is 5.78 Å². The summed E-state index contributed by atoms with van der Waals surface area (Å²) in [7, 11) is 0. The molecule has 3 nitrogen and oxygen atoms in total. The Morgan fingerprint density at radius 2 is 2.21 bits per heavy atom. The predicted molar refractivity (Wildman–Crippen MR) is 80.0 cm³/mol. The van der Waals surface area contributed by atoms with E-state index < -0.39 is 0 Å². The molecule has 0 amide bonds. The van der Waals surface area contributed by atoms with Crippen LogP contribution in [0.1, 0.15) is 16.8 Å². The van der Waals surface area contributed by atoms with E-state index in [4.69, 9.17) is 4.74 Å². The molecule has 1 heterocycles. The summed E-state index contributed by atoms with van der Waals surface area (Å²) in [6.07, 6.45) is 2.67. The third-order valence-corrected chi connectivity index (χ3v) is 4.04. The monoisotopic (exact) mass is 279 g/mol. The fourth-order valence-electron chi connectivity index (χ4n) is 2.34. The number of carbonyl (C=O) groups excluding carboxylic acids is 1. The zero-order chi connectivity index (χ0) is 13.5. The lowest BCUT2D eigenvalue weighted by Gasteiger charge is -2.35. The Bertz CT molecular complexity index is 396. The molecule has 4 heteroatoms. The summed E-state index contributed by atoms with van der Waals surface area (Å²) in [6, 6.07) is 9.77. The van der Waals surface area contributed by atoms with Gasteiger partial charge in [-0.3, -0.25) is 9.69 Å². The largest absolute Gasteiger partial charge is 0.378 e. The van der Waals surface area contributed by atoms with Crippen LogP contribution in [0.15, 0.2) is 30.3 Å². The summed E-state index contributed by atoms with van der Waals surface area (Å²) in [5.41, 5.74) is 0.804. The van der Waals surface area contributed by atoms with Gasteiger partial charge in [0.2, 0.25) is 0 Å². The van der Waals surface area contributed by atoms with Crippen molar-refractivity contribution in [3.05, 3.63) is 35.9 Å². The maximum atomic E-state index is 12.2. The molecule has 1 aromatic carbocycles. The van der Waals surface area contributed by atoms with E-state index in [0.717, 1.165) is 31.0 Å². The SMILES string of the molecule is CSCCN1CCOCC1CC(=O)c1ccccc1. The molecule has 0 radical (unpaired) electrons. The van der Waals surface area contributed by atoms with Gasteiger partial charge in [-0.05, 0) is 6.26 Å². The Balaban J connectivity index is 1.93. The van der Waals surface area contributed by atoms with Crippen molar-refractivity contribution < 1.29 is 9.53 Å². The average Bonchev–Trinajstić information content (AvgIpc) is 2.47. The number of Topliss-reactive ketones (excluding diaryl/α,β-unsaturated/α-hetero) is 1. The van der Waals surface area contributed by atoms with Crippen LogP contribution in [0.5, 0.6) is 0 Å². The first-order valence-corrected chi connectivity index (χ1v) is 8.09. The third-order valence-electron chi connectivity index (χ3n) is 3.45. The third kappa shape index (κ3) is 4.34. The smallest absolute Gasteiger partial charge is 0.164 e. The average molecular weight is 279 g/mol. The highest BCUT2D eigenvalue weighted by atomic mass is 32.2. The maximum Gasteiger partial charge on any atom is 0.164 e. The summed E-state index contributed by atoms with van der Waals surface area (Å²) in [5, 5.41) is 0. The van der Waals surface area contributed by atoms with Crippen LogP contribution in [0.3, 0.4) is 0 Å². The van der Waals surface area contributed by atoms with E-state index in [1.807, 2.05) is 42.1 Å². The lowest BCUT2D eigenvalue weighted by atomic mass is 10.0. The Labute approximate surface area is 119 Å². The molecule has 0 N–H and O–H groups in total. The number of hydrogen-bond donors (Lipinski definition) is 0. The first kappa shape index (κ1) is 14.6. The van der Waals surface area contributed by atoms with Crippen molar-refractivity contribution in [2.75, 3.05) is 38.3 Å². The molecule has 1 saturated heterocycles. The fraction of sp³-hybridized carbons (Fsp3) is 0.533. The number of benzene rings is 1. The topological polar surface area (TPSA) is 29.5 Å². The van der Waals surface area contributed by atoms with Crippen molar-refractivity contribution in [1.82, 2.24) is 4.90 Å². The summed E-state index contributed by atoms with van der Waals surface area (Å²) in [4.78, 5) is 14.6. The molecule has 1 atom stereocenters. The highest BCUT2D eigenvalue weighted by Crippen LogP contribution is 2.14. The van der Waals surface area contributed by atoms with Gasteiger partial charge in [0, 0.05) is 36.9 Å². The van der Waals surface area contributed by atoms with Crippen LogP contribution in [-0.4, -0.2) is 55.0 Å². The standard InChI is InChI=1S/C15H21NO2S/c1-19-10-8-16-7-9-18-12-14(16)11-15(17)13-5-3-2-4-6-13/h2-6,14H,7-12H2,1H3. The van der Waals surface area contributed by atoms with Crippen LogP contribution < -0.4 is 0 Å². The molecule has 1 fully saturated rings. The van der Waals surface area contributed by atoms with Crippen molar-refractivity contribution in [2.45, 2.75) is 12.5 Å². The first-order chi connectivity index (χ1) is 9.31. The minimum atomic E-state index is 0.213. The maximum absolute atomic E-state index is 12.2. The summed E-state index contributed by atoms with van der Waals surface area (Å²) in [5.74, 6) is 1.32. The number of ether oxygens (including phenoxy) is 1. The van der Waals surface area contributed by atoms with Crippen LogP contribution in [0.2, 0.25) is 0 Å². The van der Waals surface area contributed by atoms with E-state index >= 15 is 0 Å². The molecule has 0 aromatic heterocycles. The number of rotatable bonds is 6. The Morgan fingerprint density at radius 1 is 1.42 bits per heavy atom. The van der Waals surface area contributed by atoms with Gasteiger partial charge >= 0.3 is 0 Å². The highest BCUT2D eigenvalue weighted by Gasteiger charge is 2.25. The number of thioether (sulfide) groups is 1. The van der Waals surface area contributed by atoms with Crippen LogP contribution in [0.25, 0.3) is 0 Å². The number of nitrogens with zero attached hydrogens (tertiary/aromatic N) is 1. The molecule has 1 unspecified atom stereocenters. The van der Waals surface area contributed by atoms with Crippen LogP contribution in [0, 0.1) is 0 Å². The zero-order valence-corrected chi connectivity index (χ0v) is 12.2. The molecular weight excluding hydrogens is 258 g/mol. The minimum absolute atomic E-state index is 0.213. The number of hydrogen-bond acceptors (Lipinski definition) is 4. The molecule has 0 aliphatic carbocycles. The van der Waals surface area contributed by atoms with Crippen molar-refractivity contribution in [1.29, 1.82) is 0 Å². The van der Waals surface area contributed by atoms with Crippen LogP contribution >= 0.6 is 11.8 Å². The molecule has 0 bridgehead atoms. The van der Waals surface area contributed by atoms with E-state index in [9.17, 15) is 4.79 Å². The van der Waals surface area contributed by atoms with E-state index in [-0.39, 0.29) is 11.8 Å². The van der Waals surface area contributed by atoms with Crippen molar-refractivity contribution >= 4 is 17.5 Å². The lowest BCUT2D eigenvalue weighted by molar-refractivity contribution is -0.00543. The second-order valence-corrected chi connectivity index (χ2v) is 5.74. The molecule has 19 heavy (non-hydrogen) atoms. The highest BCUT2D eigenvalue weighted by molar-refractivity contribution is 7.98. The number of ketones is 1. The van der Waals surface area contributed by atoms with Gasteiger partial charge in [-0.2, -0.15) is 11.8 Å². The second kappa shape index (κ2) is 7.68. The molecule has 0 spiro atoms. The summed E-state index contributed by atoms with van der Waals surface area (Å²) < 4.78 is 5.53. The van der Waals surface area contributed by atoms with Gasteiger partial charge in [0.05, 0.1) is 13.2 Å². The Kier molecular flexibility index (Phi) is 5.89. The van der Waals surface area contributed by atoms with E-state index in [1.165, 1.54) is 0 Å². The quantitative estimate of drug-likeness (QED) is 0.748. The molecule has 0 saturated carbocycles. The van der Waals surface area contributed by atoms with E-state index in [1.54, 1.807) is 0 Å². The Hall–Kier alpha value is -0.840. The Morgan fingerprint density at radius 3 is 2.95 bits per heavy atom. The molecule has 1 aliphatic rings. The van der Waals surface area contributed by atoms with Crippen molar-refractivity contribution in [3.8, 4) is 0 Å². The number of carbonyl (C=O) groups is 1. The van der Waals surface area contributed by atoms with E-state index in [0.29, 0.717) is 13.0 Å². The minimum Gasteiger partial charge on any atom is -0.378 e. The normalized spacial score (nSPS) is 20.4. The zero-order valence-electron chi connectivity index (χ0n) is 11.4. The molecule has 2 rings (SSSR count). The fourth-order valence-corrected chi connectivity index (χ4v) is 2.75. The van der Waals surface area contributed by atoms with Gasteiger partial charge in [0.1, 0.15) is 0 Å². The first-order valence-electron chi connectivity index (χ1n) is 6.70. The van der Waals surface area contributed by atoms with Gasteiger partial charge in [-0.15, -0.1) is 0 Å². The lowest BCUT2D eigenvalue weighted by Crippen LogP contribution is -2.47. The summed E-state index contributed by atoms with van der Waals surface area (Å²) in [6.45, 7) is 3.43. The van der Waals surface area contributed by atoms with Gasteiger partial charge in [-0.25, -0.2) is 0 Å². The van der Waals surface area contributed by atoms with Gasteiger partial charge < -0.3 is 4.74 Å². The number of morpholine rings is 1.